The fourth-order valence-electron chi connectivity index (χ4n) is 3.81. The zero-order valence-electron chi connectivity index (χ0n) is 17.0. The van der Waals surface area contributed by atoms with Crippen LogP contribution in [0.4, 0.5) is 0 Å². The summed E-state index contributed by atoms with van der Waals surface area (Å²) < 4.78 is 31.5. The van der Waals surface area contributed by atoms with Crippen molar-refractivity contribution in [1.29, 1.82) is 0 Å². The smallest absolute Gasteiger partial charge is 0.215 e. The Bertz CT molecular complexity index is 559. The van der Waals surface area contributed by atoms with Gasteiger partial charge in [-0.2, -0.15) is 4.31 Å². The predicted molar refractivity (Wildman–Crippen MR) is 121 cm³/mol. The molecule has 7 nitrogen and oxygen atoms in total. The summed E-state index contributed by atoms with van der Waals surface area (Å²) in [6.45, 7) is 10.4. The van der Waals surface area contributed by atoms with E-state index in [9.17, 15) is 8.42 Å². The molecule has 0 aromatic carbocycles. The van der Waals surface area contributed by atoms with Gasteiger partial charge >= 0.3 is 0 Å². The third kappa shape index (κ3) is 8.02. The number of nitrogens with zero attached hydrogens (tertiary/aromatic N) is 2. The summed E-state index contributed by atoms with van der Waals surface area (Å²) in [7, 11) is -3.24. The molecule has 0 amide bonds. The van der Waals surface area contributed by atoms with Crippen LogP contribution in [0.2, 0.25) is 0 Å². The number of guanidine groups is 1. The summed E-state index contributed by atoms with van der Waals surface area (Å²) in [4.78, 5) is 4.76. The van der Waals surface area contributed by atoms with Gasteiger partial charge in [-0.15, -0.1) is 24.0 Å². The van der Waals surface area contributed by atoms with Crippen LogP contribution in [0.25, 0.3) is 0 Å². The van der Waals surface area contributed by atoms with E-state index in [4.69, 9.17) is 9.73 Å². The van der Waals surface area contributed by atoms with E-state index in [2.05, 4.69) is 24.5 Å². The zero-order valence-corrected chi connectivity index (χ0v) is 20.1. The summed E-state index contributed by atoms with van der Waals surface area (Å²) in [5, 5.41) is 6.42. The van der Waals surface area contributed by atoms with Crippen LogP contribution in [0.15, 0.2) is 4.99 Å². The number of hydrogen-bond acceptors (Lipinski definition) is 4. The Morgan fingerprint density at radius 3 is 2.41 bits per heavy atom. The first-order valence-electron chi connectivity index (χ1n) is 9.95. The van der Waals surface area contributed by atoms with E-state index in [1.54, 1.807) is 0 Å². The second-order valence-electron chi connectivity index (χ2n) is 7.90. The van der Waals surface area contributed by atoms with Crippen molar-refractivity contribution >= 4 is 40.0 Å². The van der Waals surface area contributed by atoms with Gasteiger partial charge in [0.2, 0.25) is 10.0 Å². The van der Waals surface area contributed by atoms with Gasteiger partial charge in [0, 0.05) is 32.7 Å². The lowest BCUT2D eigenvalue weighted by Crippen LogP contribution is -2.45. The molecule has 0 unspecified atom stereocenters. The molecular weight excluding hydrogens is 479 g/mol. The van der Waals surface area contributed by atoms with Gasteiger partial charge in [0.05, 0.1) is 19.0 Å². The molecule has 27 heavy (non-hydrogen) atoms. The molecule has 0 radical (unpaired) electrons. The van der Waals surface area contributed by atoms with Crippen LogP contribution in [-0.4, -0.2) is 70.4 Å². The molecule has 0 aromatic heterocycles. The SMILES string of the molecule is CCNC(=NCC1(CC(C)C)CCC1)NCCS(=O)(=O)N1CCOCC1.I. The number of sulfonamides is 1. The molecule has 1 aliphatic carbocycles. The largest absolute Gasteiger partial charge is 0.379 e. The van der Waals surface area contributed by atoms with Crippen LogP contribution < -0.4 is 10.6 Å². The Hall–Kier alpha value is -0.130. The summed E-state index contributed by atoms with van der Waals surface area (Å²) >= 11 is 0. The van der Waals surface area contributed by atoms with Gasteiger partial charge in [-0.3, -0.25) is 4.99 Å². The van der Waals surface area contributed by atoms with E-state index >= 15 is 0 Å². The Balaban J connectivity index is 0.00000364. The average molecular weight is 516 g/mol. The molecule has 1 heterocycles. The highest BCUT2D eigenvalue weighted by atomic mass is 127. The van der Waals surface area contributed by atoms with Crippen LogP contribution in [0.5, 0.6) is 0 Å². The van der Waals surface area contributed by atoms with Crippen molar-refractivity contribution in [2.24, 2.45) is 16.3 Å². The monoisotopic (exact) mass is 516 g/mol. The Morgan fingerprint density at radius 1 is 1.22 bits per heavy atom. The Morgan fingerprint density at radius 2 is 1.89 bits per heavy atom. The highest BCUT2D eigenvalue weighted by Crippen LogP contribution is 2.46. The molecule has 9 heteroatoms. The first kappa shape index (κ1) is 24.9. The van der Waals surface area contributed by atoms with E-state index in [0.29, 0.717) is 44.2 Å². The van der Waals surface area contributed by atoms with E-state index in [-0.39, 0.29) is 29.7 Å². The van der Waals surface area contributed by atoms with Crippen LogP contribution in [0.1, 0.15) is 46.5 Å². The van der Waals surface area contributed by atoms with Gasteiger partial charge in [0.1, 0.15) is 0 Å². The number of rotatable bonds is 9. The number of halogens is 1. The molecule has 1 saturated carbocycles. The van der Waals surface area contributed by atoms with Gasteiger partial charge < -0.3 is 15.4 Å². The standard InChI is InChI=1S/C18H36N4O3S.HI/c1-4-19-17(21-15-18(6-5-7-18)14-16(2)3)20-8-13-26(23,24)22-9-11-25-12-10-22;/h16H,4-15H2,1-3H3,(H2,19,20,21);1H. The summed E-state index contributed by atoms with van der Waals surface area (Å²) in [5.41, 5.74) is 0.344. The minimum atomic E-state index is -3.24. The first-order chi connectivity index (χ1) is 12.4. The van der Waals surface area contributed by atoms with Crippen molar-refractivity contribution < 1.29 is 13.2 Å². The fraction of sp³-hybridized carbons (Fsp3) is 0.944. The number of hydrogen-bond donors (Lipinski definition) is 2. The van der Waals surface area contributed by atoms with Gasteiger partial charge in [0.15, 0.2) is 5.96 Å². The molecular formula is C18H37IN4O3S. The molecule has 0 atom stereocenters. The molecule has 2 aliphatic rings. The number of aliphatic imine (C=N–C) groups is 1. The summed E-state index contributed by atoms with van der Waals surface area (Å²) in [5.74, 6) is 1.48. The molecule has 2 fully saturated rings. The molecule has 0 aromatic rings. The van der Waals surface area contributed by atoms with Crippen molar-refractivity contribution in [2.45, 2.75) is 46.5 Å². The number of nitrogens with one attached hydrogen (secondary N) is 2. The van der Waals surface area contributed by atoms with Crippen LogP contribution in [0, 0.1) is 11.3 Å². The fourth-order valence-corrected chi connectivity index (χ4v) is 5.13. The maximum absolute atomic E-state index is 12.4. The molecule has 1 aliphatic heterocycles. The van der Waals surface area contributed by atoms with Crippen molar-refractivity contribution in [1.82, 2.24) is 14.9 Å². The third-order valence-corrected chi connectivity index (χ3v) is 7.06. The van der Waals surface area contributed by atoms with Crippen LogP contribution in [0.3, 0.4) is 0 Å². The quantitative estimate of drug-likeness (QED) is 0.279. The maximum atomic E-state index is 12.4. The normalized spacial score (nSPS) is 20.7. The van der Waals surface area contributed by atoms with Crippen molar-refractivity contribution in [3.05, 3.63) is 0 Å². The first-order valence-corrected chi connectivity index (χ1v) is 11.6. The van der Waals surface area contributed by atoms with Crippen molar-refractivity contribution in [2.75, 3.05) is 51.7 Å². The zero-order chi connectivity index (χ0) is 19.0. The molecule has 1 saturated heterocycles. The maximum Gasteiger partial charge on any atom is 0.215 e. The highest BCUT2D eigenvalue weighted by Gasteiger charge is 2.37. The van der Waals surface area contributed by atoms with E-state index in [0.717, 1.165) is 19.0 Å². The lowest BCUT2D eigenvalue weighted by molar-refractivity contribution is 0.0730. The van der Waals surface area contributed by atoms with Gasteiger partial charge in [-0.1, -0.05) is 20.3 Å². The minimum Gasteiger partial charge on any atom is -0.379 e. The predicted octanol–water partition coefficient (Wildman–Crippen LogP) is 2.04. The van der Waals surface area contributed by atoms with Crippen LogP contribution >= 0.6 is 24.0 Å². The van der Waals surface area contributed by atoms with Gasteiger partial charge in [-0.25, -0.2) is 8.42 Å². The highest BCUT2D eigenvalue weighted by molar-refractivity contribution is 14.0. The van der Waals surface area contributed by atoms with Gasteiger partial charge in [-0.05, 0) is 37.5 Å². The molecule has 2 rings (SSSR count). The molecule has 0 bridgehead atoms. The molecule has 2 N–H and O–H groups in total. The minimum absolute atomic E-state index is 0. The molecule has 0 spiro atoms. The third-order valence-electron chi connectivity index (χ3n) is 5.19. The Kier molecular flexibility index (Phi) is 10.9. The van der Waals surface area contributed by atoms with E-state index in [1.165, 1.54) is 30.0 Å². The van der Waals surface area contributed by atoms with E-state index in [1.807, 2.05) is 6.92 Å². The summed E-state index contributed by atoms with van der Waals surface area (Å²) in [6.07, 6.45) is 5.00. The van der Waals surface area contributed by atoms with Crippen LogP contribution in [-0.2, 0) is 14.8 Å². The lowest BCUT2D eigenvalue weighted by Gasteiger charge is -2.42. The number of morpholine rings is 1. The van der Waals surface area contributed by atoms with Gasteiger partial charge in [0.25, 0.3) is 0 Å². The second kappa shape index (κ2) is 11.8. The second-order valence-corrected chi connectivity index (χ2v) is 9.99. The lowest BCUT2D eigenvalue weighted by atomic mass is 9.64. The van der Waals surface area contributed by atoms with E-state index < -0.39 is 10.0 Å². The van der Waals surface area contributed by atoms with Crippen molar-refractivity contribution in [3.8, 4) is 0 Å². The topological polar surface area (TPSA) is 83.0 Å². The summed E-state index contributed by atoms with van der Waals surface area (Å²) in [6, 6.07) is 0. The Labute approximate surface area is 182 Å². The van der Waals surface area contributed by atoms with Crippen molar-refractivity contribution in [3.63, 3.8) is 0 Å². The average Bonchev–Trinajstić information content (AvgIpc) is 2.57. The number of ether oxygens (including phenoxy) is 1. The molecule has 160 valence electrons.